The molecule has 0 aliphatic rings. The number of aryl methyl sites for hydroxylation is 1. The number of rotatable bonds is 2. The minimum Gasteiger partial charge on any atom is -0.304 e. The Bertz CT molecular complexity index is 518. The van der Waals surface area contributed by atoms with E-state index in [9.17, 15) is 4.79 Å². The topological polar surface area (TPSA) is 87.3 Å². The average Bonchev–Trinajstić information content (AvgIpc) is 2.75. The number of nitrogens with one attached hydrogen (secondary N) is 2. The molecule has 2 aromatic heterocycles. The van der Waals surface area contributed by atoms with Crippen LogP contribution in [-0.2, 0) is 6.42 Å². The number of aromatic amines is 2. The van der Waals surface area contributed by atoms with Gasteiger partial charge in [0.05, 0.1) is 15.5 Å². The van der Waals surface area contributed by atoms with Crippen LogP contribution in [0.1, 0.15) is 12.6 Å². The van der Waals surface area contributed by atoms with E-state index in [-0.39, 0.29) is 5.56 Å². The molecule has 0 unspecified atom stereocenters. The van der Waals surface area contributed by atoms with Crippen molar-refractivity contribution in [3.8, 4) is 11.5 Å². The molecule has 0 atom stereocenters. The van der Waals surface area contributed by atoms with Crippen molar-refractivity contribution in [2.75, 3.05) is 0 Å². The van der Waals surface area contributed by atoms with Crippen LogP contribution in [0.3, 0.4) is 0 Å². The third-order valence-electron chi connectivity index (χ3n) is 1.92. The van der Waals surface area contributed by atoms with Crippen molar-refractivity contribution in [2.45, 2.75) is 13.3 Å². The van der Waals surface area contributed by atoms with Crippen molar-refractivity contribution in [1.29, 1.82) is 0 Å². The average molecular weight is 317 g/mol. The highest BCUT2D eigenvalue weighted by atomic mass is 127. The summed E-state index contributed by atoms with van der Waals surface area (Å²) in [4.78, 5) is 18.5. The maximum atomic E-state index is 11.6. The molecule has 0 aromatic carbocycles. The maximum Gasteiger partial charge on any atom is 0.264 e. The minimum absolute atomic E-state index is 0.138. The van der Waals surface area contributed by atoms with E-state index < -0.39 is 0 Å². The highest BCUT2D eigenvalue weighted by Crippen LogP contribution is 2.11. The number of hydrogen-bond acceptors (Lipinski definition) is 4. The summed E-state index contributed by atoms with van der Waals surface area (Å²) in [6.07, 6.45) is 2.23. The van der Waals surface area contributed by atoms with Gasteiger partial charge >= 0.3 is 0 Å². The van der Waals surface area contributed by atoms with Crippen molar-refractivity contribution in [2.24, 2.45) is 0 Å². The lowest BCUT2D eigenvalue weighted by Gasteiger charge is -2.01. The quantitative estimate of drug-likeness (QED) is 0.799. The van der Waals surface area contributed by atoms with Crippen LogP contribution in [0.25, 0.3) is 11.5 Å². The summed E-state index contributed by atoms with van der Waals surface area (Å²) in [5.41, 5.74) is 1.18. The molecule has 0 bridgehead atoms. The fourth-order valence-electron chi connectivity index (χ4n) is 1.18. The van der Waals surface area contributed by atoms with Gasteiger partial charge in [0, 0.05) is 0 Å². The van der Waals surface area contributed by atoms with Crippen LogP contribution in [0.4, 0.5) is 0 Å². The Morgan fingerprint density at radius 1 is 1.53 bits per heavy atom. The second kappa shape index (κ2) is 4.09. The van der Waals surface area contributed by atoms with E-state index in [2.05, 4.69) is 25.4 Å². The molecule has 0 radical (unpaired) electrons. The molecule has 0 amide bonds. The van der Waals surface area contributed by atoms with E-state index in [0.717, 1.165) is 5.69 Å². The van der Waals surface area contributed by atoms with Gasteiger partial charge in [-0.1, -0.05) is 6.92 Å². The van der Waals surface area contributed by atoms with Crippen molar-refractivity contribution in [3.05, 3.63) is 25.8 Å². The molecule has 7 heteroatoms. The molecule has 2 N–H and O–H groups in total. The fourth-order valence-corrected chi connectivity index (χ4v) is 1.81. The molecule has 2 heterocycles. The third kappa shape index (κ3) is 1.91. The smallest absolute Gasteiger partial charge is 0.264 e. The van der Waals surface area contributed by atoms with Crippen molar-refractivity contribution < 1.29 is 0 Å². The number of nitrogens with zero attached hydrogens (tertiary/aromatic N) is 3. The Morgan fingerprint density at radius 2 is 2.33 bits per heavy atom. The molecule has 78 valence electrons. The molecule has 15 heavy (non-hydrogen) atoms. The van der Waals surface area contributed by atoms with E-state index in [1.54, 1.807) is 0 Å². The van der Waals surface area contributed by atoms with Crippen molar-refractivity contribution >= 4 is 22.6 Å². The van der Waals surface area contributed by atoms with Gasteiger partial charge in [-0.3, -0.25) is 4.79 Å². The summed E-state index contributed by atoms with van der Waals surface area (Å²) >= 11 is 1.99. The zero-order valence-electron chi connectivity index (χ0n) is 7.91. The molecular weight excluding hydrogens is 309 g/mol. The van der Waals surface area contributed by atoms with E-state index >= 15 is 0 Å². The number of H-pyrrole nitrogens is 2. The second-order valence-electron chi connectivity index (χ2n) is 2.88. The summed E-state index contributed by atoms with van der Waals surface area (Å²) in [5, 5.41) is 10.0. The van der Waals surface area contributed by atoms with Crippen LogP contribution in [-0.4, -0.2) is 25.4 Å². The molecule has 0 saturated carbocycles. The van der Waals surface area contributed by atoms with Gasteiger partial charge in [0.1, 0.15) is 5.69 Å². The Hall–Kier alpha value is -1.25. The fraction of sp³-hybridized carbons (Fsp3) is 0.250. The first-order valence-corrected chi connectivity index (χ1v) is 5.45. The number of halogens is 1. The lowest BCUT2D eigenvalue weighted by atomic mass is 10.3. The van der Waals surface area contributed by atoms with E-state index in [0.29, 0.717) is 21.5 Å². The lowest BCUT2D eigenvalue weighted by Crippen LogP contribution is -2.16. The Balaban J connectivity index is 2.61. The summed E-state index contributed by atoms with van der Waals surface area (Å²) < 4.78 is 0.627. The van der Waals surface area contributed by atoms with Gasteiger partial charge in [0.25, 0.3) is 5.56 Å². The normalized spacial score (nSPS) is 10.5. The van der Waals surface area contributed by atoms with Gasteiger partial charge in [-0.05, 0) is 29.0 Å². The van der Waals surface area contributed by atoms with Crippen molar-refractivity contribution in [3.63, 3.8) is 0 Å². The third-order valence-corrected chi connectivity index (χ3v) is 3.04. The molecule has 0 saturated heterocycles. The van der Waals surface area contributed by atoms with E-state index in [1.165, 1.54) is 6.20 Å². The maximum absolute atomic E-state index is 11.6. The zero-order valence-corrected chi connectivity index (χ0v) is 10.1. The van der Waals surface area contributed by atoms with Crippen molar-refractivity contribution in [1.82, 2.24) is 25.4 Å². The number of aromatic nitrogens is 5. The molecule has 0 aliphatic heterocycles. The first kappa shape index (κ1) is 10.3. The van der Waals surface area contributed by atoms with Gasteiger partial charge in [-0.2, -0.15) is 15.4 Å². The largest absolute Gasteiger partial charge is 0.304 e. The molecule has 2 rings (SSSR count). The first-order valence-electron chi connectivity index (χ1n) is 4.37. The van der Waals surface area contributed by atoms with Gasteiger partial charge < -0.3 is 4.98 Å². The van der Waals surface area contributed by atoms with Gasteiger partial charge in [0.2, 0.25) is 0 Å². The monoisotopic (exact) mass is 317 g/mol. The predicted octanol–water partition coefficient (Wildman–Crippen LogP) is 0.722. The van der Waals surface area contributed by atoms with Crippen LogP contribution in [0, 0.1) is 3.57 Å². The summed E-state index contributed by atoms with van der Waals surface area (Å²) in [6.45, 7) is 1.95. The Morgan fingerprint density at radius 3 is 2.93 bits per heavy atom. The predicted molar refractivity (Wildman–Crippen MR) is 62.3 cm³/mol. The minimum atomic E-state index is -0.138. The van der Waals surface area contributed by atoms with Gasteiger partial charge in [-0.15, -0.1) is 0 Å². The lowest BCUT2D eigenvalue weighted by molar-refractivity contribution is 0.927. The summed E-state index contributed by atoms with van der Waals surface area (Å²) in [6, 6.07) is 0. The first-order chi connectivity index (χ1) is 7.22. The highest BCUT2D eigenvalue weighted by Gasteiger charge is 2.10. The van der Waals surface area contributed by atoms with Crippen LogP contribution in [0.5, 0.6) is 0 Å². The highest BCUT2D eigenvalue weighted by molar-refractivity contribution is 14.1. The molecular formula is C8H8IN5O. The van der Waals surface area contributed by atoms with Gasteiger partial charge in [-0.25, -0.2) is 4.98 Å². The molecule has 0 spiro atoms. The van der Waals surface area contributed by atoms with Crippen LogP contribution < -0.4 is 5.56 Å². The van der Waals surface area contributed by atoms with E-state index in [1.807, 2.05) is 29.5 Å². The van der Waals surface area contributed by atoms with Crippen LogP contribution in [0.15, 0.2) is 11.0 Å². The summed E-state index contributed by atoms with van der Waals surface area (Å²) in [7, 11) is 0. The second-order valence-corrected chi connectivity index (χ2v) is 3.96. The standard InChI is InChI=1S/C8H8IN5O/c1-2-4-6(9)8(15)12-7(11-4)5-3-10-14-13-5/h3H,2H2,1H3,(H,10,13,14)(H,11,12,15). The van der Waals surface area contributed by atoms with Crippen LogP contribution >= 0.6 is 22.6 Å². The Kier molecular flexibility index (Phi) is 2.80. The SMILES string of the molecule is CCc1nc(-c2cn[nH]n2)[nH]c(=O)c1I. The van der Waals surface area contributed by atoms with Crippen LogP contribution in [0.2, 0.25) is 0 Å². The van der Waals surface area contributed by atoms with Gasteiger partial charge in [0.15, 0.2) is 5.82 Å². The molecule has 6 nitrogen and oxygen atoms in total. The number of hydrogen-bond donors (Lipinski definition) is 2. The zero-order chi connectivity index (χ0) is 10.8. The molecule has 2 aromatic rings. The molecule has 0 aliphatic carbocycles. The summed E-state index contributed by atoms with van der Waals surface area (Å²) in [5.74, 6) is 0.450. The Labute approximate surface area is 98.7 Å². The van der Waals surface area contributed by atoms with E-state index in [4.69, 9.17) is 0 Å². The molecule has 0 fully saturated rings.